The van der Waals surface area contributed by atoms with Gasteiger partial charge in [0.25, 0.3) is 5.56 Å². The van der Waals surface area contributed by atoms with Gasteiger partial charge in [0.1, 0.15) is 12.1 Å². The van der Waals surface area contributed by atoms with E-state index >= 15 is 0 Å². The lowest BCUT2D eigenvalue weighted by Gasteiger charge is -2.17. The lowest BCUT2D eigenvalue weighted by molar-refractivity contribution is 0.0584. The van der Waals surface area contributed by atoms with Gasteiger partial charge in [0.2, 0.25) is 5.82 Å². The normalized spacial score (nSPS) is 14.2. The maximum absolute atomic E-state index is 13.8. The maximum Gasteiger partial charge on any atom is 0.334 e. The zero-order chi connectivity index (χ0) is 27.8. The summed E-state index contributed by atoms with van der Waals surface area (Å²) in [6.07, 6.45) is 3.05. The van der Waals surface area contributed by atoms with Crippen molar-refractivity contribution in [2.75, 3.05) is 7.11 Å². The number of aromatic nitrogens is 8. The monoisotopic (exact) mass is 540 g/mol. The highest BCUT2D eigenvalue weighted by Gasteiger charge is 2.28. The fraction of sp³-hybridized carbons (Fsp3) is 0.379. The minimum atomic E-state index is -0.558. The molecule has 3 aromatic heterocycles. The van der Waals surface area contributed by atoms with Crippen molar-refractivity contribution >= 4 is 11.2 Å². The molecule has 206 valence electrons. The van der Waals surface area contributed by atoms with Gasteiger partial charge in [-0.05, 0) is 54.0 Å². The fourth-order valence-electron chi connectivity index (χ4n) is 5.22. The van der Waals surface area contributed by atoms with Gasteiger partial charge in [-0.2, -0.15) is 5.21 Å². The van der Waals surface area contributed by atoms with Crippen LogP contribution in [0.1, 0.15) is 50.7 Å². The summed E-state index contributed by atoms with van der Waals surface area (Å²) in [5, 5.41) is 14.5. The molecule has 0 radical (unpaired) electrons. The van der Waals surface area contributed by atoms with E-state index in [0.717, 1.165) is 47.3 Å². The van der Waals surface area contributed by atoms with E-state index in [2.05, 4.69) is 51.8 Å². The minimum Gasteiger partial charge on any atom is -0.361 e. The lowest BCUT2D eigenvalue weighted by Crippen LogP contribution is -2.42. The van der Waals surface area contributed by atoms with Crippen LogP contribution in [-0.2, 0) is 24.2 Å². The van der Waals surface area contributed by atoms with E-state index < -0.39 is 6.23 Å². The van der Waals surface area contributed by atoms with Crippen molar-refractivity contribution in [3.63, 3.8) is 0 Å². The third-order valence-electron chi connectivity index (χ3n) is 7.58. The molecule has 0 spiro atoms. The average Bonchev–Trinajstić information content (AvgIpc) is 3.49. The smallest absolute Gasteiger partial charge is 0.334 e. The van der Waals surface area contributed by atoms with E-state index in [9.17, 15) is 9.59 Å². The number of hydrogen-bond donors (Lipinski definition) is 1. The molecule has 3 heterocycles. The van der Waals surface area contributed by atoms with Gasteiger partial charge in [-0.3, -0.25) is 9.36 Å². The third kappa shape index (κ3) is 4.66. The molecular weight excluding hydrogens is 508 g/mol. The Morgan fingerprint density at radius 3 is 2.45 bits per heavy atom. The molecule has 1 unspecified atom stereocenters. The molecule has 1 atom stereocenters. The first kappa shape index (κ1) is 25.9. The number of H-pyrrole nitrogens is 1. The number of nitrogens with one attached hydrogen (secondary N) is 1. The summed E-state index contributed by atoms with van der Waals surface area (Å²) in [6.45, 7) is 4.76. The summed E-state index contributed by atoms with van der Waals surface area (Å²) in [5.41, 5.74) is 4.09. The third-order valence-corrected chi connectivity index (χ3v) is 7.58. The number of hydrogen-bond acceptors (Lipinski definition) is 7. The molecule has 5 aromatic rings. The summed E-state index contributed by atoms with van der Waals surface area (Å²) < 4.78 is 10.4. The van der Waals surface area contributed by atoms with Crippen LogP contribution >= 0.6 is 0 Å². The van der Waals surface area contributed by atoms with Crippen molar-refractivity contribution in [2.24, 2.45) is 5.92 Å². The topological polar surface area (TPSA) is 126 Å². The van der Waals surface area contributed by atoms with Gasteiger partial charge in [0, 0.05) is 32.2 Å². The number of fused-ring (bicyclic) bond motifs is 1. The number of aromatic amines is 1. The summed E-state index contributed by atoms with van der Waals surface area (Å²) in [5.74, 6) is 1.68. The van der Waals surface area contributed by atoms with Crippen molar-refractivity contribution in [3.8, 4) is 22.5 Å². The quantitative estimate of drug-likeness (QED) is 0.286. The first-order valence-electron chi connectivity index (χ1n) is 13.7. The second-order valence-electron chi connectivity index (χ2n) is 10.4. The predicted octanol–water partition coefficient (Wildman–Crippen LogP) is 3.78. The van der Waals surface area contributed by atoms with Gasteiger partial charge >= 0.3 is 5.69 Å². The van der Waals surface area contributed by atoms with Gasteiger partial charge in [0.05, 0.1) is 0 Å². The average molecular weight is 541 g/mol. The Morgan fingerprint density at radius 2 is 1.80 bits per heavy atom. The zero-order valence-electron chi connectivity index (χ0n) is 22.9. The number of methoxy groups -OCH3 is 1. The van der Waals surface area contributed by atoms with Crippen molar-refractivity contribution in [3.05, 3.63) is 80.8 Å². The van der Waals surface area contributed by atoms with Crippen LogP contribution in [0.15, 0.2) is 58.1 Å². The number of rotatable bonds is 10. The largest absolute Gasteiger partial charge is 0.361 e. The number of tetrazole rings is 1. The number of ether oxygens (including phenoxy) is 1. The minimum absolute atomic E-state index is 0.285. The summed E-state index contributed by atoms with van der Waals surface area (Å²) in [6, 6.07) is 16.2. The predicted molar refractivity (Wildman–Crippen MR) is 151 cm³/mol. The van der Waals surface area contributed by atoms with Crippen LogP contribution in [0.2, 0.25) is 0 Å². The number of imidazole rings is 1. The molecule has 0 amide bonds. The second kappa shape index (κ2) is 10.6. The van der Waals surface area contributed by atoms with E-state index in [-0.39, 0.29) is 11.2 Å². The summed E-state index contributed by atoms with van der Waals surface area (Å²) in [4.78, 5) is 32.1. The Morgan fingerprint density at radius 1 is 1.05 bits per heavy atom. The van der Waals surface area contributed by atoms with Crippen molar-refractivity contribution in [1.82, 2.24) is 39.3 Å². The van der Waals surface area contributed by atoms with Crippen LogP contribution < -0.4 is 11.2 Å². The van der Waals surface area contributed by atoms with E-state index in [1.807, 2.05) is 28.8 Å². The van der Waals surface area contributed by atoms with Crippen molar-refractivity contribution in [2.45, 2.75) is 58.8 Å². The van der Waals surface area contributed by atoms with Crippen LogP contribution in [0.25, 0.3) is 33.7 Å². The van der Waals surface area contributed by atoms with E-state index in [1.165, 1.54) is 9.13 Å². The molecule has 40 heavy (non-hydrogen) atoms. The van der Waals surface area contributed by atoms with Crippen LogP contribution in [0.4, 0.5) is 0 Å². The summed E-state index contributed by atoms with van der Waals surface area (Å²) in [7, 11) is 1.56. The highest BCUT2D eigenvalue weighted by molar-refractivity contribution is 5.80. The SMILES string of the molecule is CCCc1nc2c(c(=O)n(CC3CC3)c(=O)n2C(C)OC)n1Cc1ccc(-c2ccccc2-c2nn[nH]n2)cc1. The molecule has 1 aliphatic rings. The molecule has 1 aliphatic carbocycles. The molecule has 0 saturated heterocycles. The zero-order valence-corrected chi connectivity index (χ0v) is 22.9. The van der Waals surface area contributed by atoms with Gasteiger partial charge in [-0.25, -0.2) is 14.3 Å². The molecule has 11 nitrogen and oxygen atoms in total. The molecule has 1 fully saturated rings. The highest BCUT2D eigenvalue weighted by atomic mass is 16.5. The molecule has 0 bridgehead atoms. The molecule has 0 aliphatic heterocycles. The first-order chi connectivity index (χ1) is 19.5. The van der Waals surface area contributed by atoms with Crippen molar-refractivity contribution < 1.29 is 4.74 Å². The summed E-state index contributed by atoms with van der Waals surface area (Å²) >= 11 is 0. The van der Waals surface area contributed by atoms with Gasteiger partial charge in [-0.1, -0.05) is 55.5 Å². The lowest BCUT2D eigenvalue weighted by atomic mass is 9.98. The molecule has 1 N–H and O–H groups in total. The van der Waals surface area contributed by atoms with Crippen molar-refractivity contribution in [1.29, 1.82) is 0 Å². The van der Waals surface area contributed by atoms with E-state index in [4.69, 9.17) is 9.72 Å². The second-order valence-corrected chi connectivity index (χ2v) is 10.4. The molecule has 1 saturated carbocycles. The Labute approximate surface area is 230 Å². The number of aryl methyl sites for hydroxylation is 1. The van der Waals surface area contributed by atoms with Crippen LogP contribution in [-0.4, -0.2) is 46.4 Å². The van der Waals surface area contributed by atoms with Gasteiger partial charge in [-0.15, -0.1) is 10.2 Å². The molecule has 6 rings (SSSR count). The molecule has 11 heteroatoms. The Balaban J connectivity index is 1.44. The fourth-order valence-corrected chi connectivity index (χ4v) is 5.22. The Kier molecular flexibility index (Phi) is 6.89. The van der Waals surface area contributed by atoms with Crippen LogP contribution in [0, 0.1) is 5.92 Å². The van der Waals surface area contributed by atoms with Crippen LogP contribution in [0.3, 0.4) is 0 Å². The van der Waals surface area contributed by atoms with Gasteiger partial charge in [0.15, 0.2) is 11.2 Å². The standard InChI is InChI=1S/C29H32N8O3/c1-4-7-24-30-27-25(28(38)36(17-19-10-11-19)29(39)37(27)18(2)40-3)35(24)16-20-12-14-21(15-13-20)22-8-5-6-9-23(22)26-31-33-34-32-26/h5-6,8-9,12-15,18-19H,4,7,10-11,16-17H2,1-3H3,(H,31,32,33,34). The Bertz CT molecular complexity index is 1760. The Hall–Kier alpha value is -4.38. The van der Waals surface area contributed by atoms with E-state index in [0.29, 0.717) is 42.4 Å². The highest BCUT2D eigenvalue weighted by Crippen LogP contribution is 2.31. The van der Waals surface area contributed by atoms with Crippen LogP contribution in [0.5, 0.6) is 0 Å². The number of benzene rings is 2. The molecule has 2 aromatic carbocycles. The number of nitrogens with zero attached hydrogens (tertiary/aromatic N) is 7. The van der Waals surface area contributed by atoms with E-state index in [1.54, 1.807) is 14.0 Å². The first-order valence-corrected chi connectivity index (χ1v) is 13.7. The maximum atomic E-state index is 13.8. The van der Waals surface area contributed by atoms with Gasteiger partial charge < -0.3 is 9.30 Å². The molecular formula is C29H32N8O3.